The van der Waals surface area contributed by atoms with Gasteiger partial charge in [0, 0.05) is 0 Å². The van der Waals surface area contributed by atoms with Gasteiger partial charge in [-0.05, 0) is 17.2 Å². The van der Waals surface area contributed by atoms with E-state index in [9.17, 15) is 10.2 Å². The molecule has 0 saturated carbocycles. The molecule has 12 heavy (non-hydrogen) atoms. The Morgan fingerprint density at radius 3 is 2.92 bits per heavy atom. The van der Waals surface area contributed by atoms with Crippen LogP contribution in [0.2, 0.25) is 0 Å². The van der Waals surface area contributed by atoms with Crippen molar-refractivity contribution >= 4 is 11.6 Å². The number of hydrogen-bond donors (Lipinski definition) is 4. The van der Waals surface area contributed by atoms with Crippen LogP contribution >= 0.6 is 0 Å². The summed E-state index contributed by atoms with van der Waals surface area (Å²) in [5.41, 5.74) is -1.47. The van der Waals surface area contributed by atoms with Gasteiger partial charge >= 0.3 is 0 Å². The lowest BCUT2D eigenvalue weighted by molar-refractivity contribution is -0.0284. The molecular formula is C5H8N4O3. The van der Waals surface area contributed by atoms with Crippen LogP contribution in [0.15, 0.2) is 4.63 Å². The molecule has 0 amide bonds. The maximum absolute atomic E-state index is 9.48. The minimum atomic E-state index is -1.47. The van der Waals surface area contributed by atoms with Crippen molar-refractivity contribution in [2.24, 2.45) is 0 Å². The summed E-state index contributed by atoms with van der Waals surface area (Å²) in [5, 5.41) is 30.7. The Morgan fingerprint density at radius 2 is 2.17 bits per heavy atom. The van der Waals surface area contributed by atoms with Crippen molar-refractivity contribution in [3.63, 3.8) is 0 Å². The lowest BCUT2D eigenvalue weighted by atomic mass is 10.2. The van der Waals surface area contributed by atoms with Crippen molar-refractivity contribution in [3.05, 3.63) is 0 Å². The molecule has 0 fully saturated rings. The van der Waals surface area contributed by atoms with Crippen LogP contribution in [0.5, 0.6) is 0 Å². The fourth-order valence-corrected chi connectivity index (χ4v) is 0.943. The van der Waals surface area contributed by atoms with E-state index < -0.39 is 12.0 Å². The molecule has 7 nitrogen and oxygen atoms in total. The van der Waals surface area contributed by atoms with Gasteiger partial charge in [-0.3, -0.25) is 0 Å². The van der Waals surface area contributed by atoms with Crippen LogP contribution in [-0.4, -0.2) is 32.5 Å². The molecule has 0 bridgehead atoms. The average Bonchev–Trinajstić information content (AvgIpc) is 2.35. The fourth-order valence-electron chi connectivity index (χ4n) is 0.943. The van der Waals surface area contributed by atoms with Crippen LogP contribution in [0.25, 0.3) is 0 Å². The third-order valence-corrected chi connectivity index (χ3v) is 1.67. The molecule has 66 valence electrons. The molecule has 0 aliphatic carbocycles. The summed E-state index contributed by atoms with van der Waals surface area (Å²) in [4.78, 5) is 0. The van der Waals surface area contributed by atoms with Gasteiger partial charge in [0.25, 0.3) is 0 Å². The number of nitrogens with zero attached hydrogens (tertiary/aromatic N) is 2. The van der Waals surface area contributed by atoms with E-state index in [4.69, 9.17) is 0 Å². The van der Waals surface area contributed by atoms with Crippen molar-refractivity contribution in [2.45, 2.75) is 18.9 Å². The van der Waals surface area contributed by atoms with Crippen LogP contribution in [0, 0.1) is 0 Å². The number of rotatable bonds is 0. The smallest absolute Gasteiger partial charge is 0.217 e. The van der Waals surface area contributed by atoms with Gasteiger partial charge < -0.3 is 20.8 Å². The topological polar surface area (TPSA) is 103 Å². The second-order valence-corrected chi connectivity index (χ2v) is 2.78. The molecule has 1 aromatic heterocycles. The molecule has 4 N–H and O–H groups in total. The number of nitrogens with one attached hydrogen (secondary N) is 2. The molecule has 0 aromatic carbocycles. The number of aromatic nitrogens is 2. The van der Waals surface area contributed by atoms with Crippen LogP contribution in [0.3, 0.4) is 0 Å². The van der Waals surface area contributed by atoms with Crippen molar-refractivity contribution in [2.75, 3.05) is 10.6 Å². The Hall–Kier alpha value is -1.34. The van der Waals surface area contributed by atoms with Crippen molar-refractivity contribution in [1.82, 2.24) is 10.3 Å². The molecule has 2 unspecified atom stereocenters. The highest BCUT2D eigenvalue weighted by atomic mass is 16.6. The van der Waals surface area contributed by atoms with Gasteiger partial charge in [0.05, 0.1) is 0 Å². The number of fused-ring (bicyclic) bond motifs is 1. The lowest BCUT2D eigenvalue weighted by Crippen LogP contribution is -2.53. The monoisotopic (exact) mass is 172 g/mol. The molecule has 2 rings (SSSR count). The second kappa shape index (κ2) is 2.08. The number of anilines is 2. The molecule has 0 spiro atoms. The Balaban J connectivity index is 2.35. The highest BCUT2D eigenvalue weighted by Crippen LogP contribution is 2.27. The summed E-state index contributed by atoms with van der Waals surface area (Å²) >= 11 is 0. The van der Waals surface area contributed by atoms with Gasteiger partial charge in [0.2, 0.25) is 11.6 Å². The second-order valence-electron chi connectivity index (χ2n) is 2.78. The molecule has 1 aliphatic heterocycles. The number of hydrogen-bond acceptors (Lipinski definition) is 7. The Morgan fingerprint density at radius 1 is 1.50 bits per heavy atom. The van der Waals surface area contributed by atoms with Gasteiger partial charge in [-0.25, -0.2) is 4.63 Å². The Kier molecular flexibility index (Phi) is 1.27. The first-order chi connectivity index (χ1) is 5.59. The zero-order valence-electron chi connectivity index (χ0n) is 6.27. The van der Waals surface area contributed by atoms with E-state index in [0.717, 1.165) is 0 Å². The first-order valence-corrected chi connectivity index (χ1v) is 3.37. The summed E-state index contributed by atoms with van der Waals surface area (Å²) in [6, 6.07) is 0. The minimum absolute atomic E-state index is 0.283. The predicted molar refractivity (Wildman–Crippen MR) is 38.2 cm³/mol. The Labute approximate surface area is 67.3 Å². The van der Waals surface area contributed by atoms with E-state index in [1.54, 1.807) is 0 Å². The first kappa shape index (κ1) is 7.32. The zero-order valence-corrected chi connectivity index (χ0v) is 6.27. The van der Waals surface area contributed by atoms with Crippen LogP contribution in [0.1, 0.15) is 6.92 Å². The number of aliphatic hydroxyl groups excluding tert-OH is 1. The third-order valence-electron chi connectivity index (χ3n) is 1.67. The summed E-state index contributed by atoms with van der Waals surface area (Å²) in [6.07, 6.45) is -1.14. The highest BCUT2D eigenvalue weighted by Gasteiger charge is 2.37. The lowest BCUT2D eigenvalue weighted by Gasteiger charge is -2.33. The third kappa shape index (κ3) is 0.908. The zero-order chi connectivity index (χ0) is 8.77. The van der Waals surface area contributed by atoms with E-state index in [-0.39, 0.29) is 11.6 Å². The van der Waals surface area contributed by atoms with Gasteiger partial charge in [-0.2, -0.15) is 0 Å². The van der Waals surface area contributed by atoms with Crippen molar-refractivity contribution in [1.29, 1.82) is 0 Å². The molecule has 7 heteroatoms. The summed E-state index contributed by atoms with van der Waals surface area (Å²) < 4.78 is 4.36. The first-order valence-electron chi connectivity index (χ1n) is 3.37. The van der Waals surface area contributed by atoms with E-state index in [1.807, 2.05) is 0 Å². The van der Waals surface area contributed by atoms with E-state index in [2.05, 4.69) is 25.6 Å². The van der Waals surface area contributed by atoms with E-state index >= 15 is 0 Å². The van der Waals surface area contributed by atoms with Gasteiger partial charge in [0.1, 0.15) is 0 Å². The summed E-state index contributed by atoms with van der Waals surface area (Å²) in [6.45, 7) is 1.41. The summed E-state index contributed by atoms with van der Waals surface area (Å²) in [5.74, 6) is 0.569. The maximum Gasteiger partial charge on any atom is 0.217 e. The standard InChI is InChI=1S/C5H8N4O3/c1-5(11)4(10)6-2-3(7-5)9-12-8-2/h4,10-11H,1H3,(H,6,8)(H,7,9). The quantitative estimate of drug-likeness (QED) is 0.395. The predicted octanol–water partition coefficient (Wildman–Crippen LogP) is -1.07. The van der Waals surface area contributed by atoms with Crippen molar-refractivity contribution < 1.29 is 14.8 Å². The highest BCUT2D eigenvalue weighted by molar-refractivity contribution is 5.62. The van der Waals surface area contributed by atoms with Crippen molar-refractivity contribution in [3.8, 4) is 0 Å². The molecule has 1 aromatic rings. The molecular weight excluding hydrogens is 164 g/mol. The van der Waals surface area contributed by atoms with Gasteiger partial charge in [0.15, 0.2) is 12.0 Å². The fraction of sp³-hybridized carbons (Fsp3) is 0.600. The summed E-state index contributed by atoms with van der Waals surface area (Å²) in [7, 11) is 0. The average molecular weight is 172 g/mol. The van der Waals surface area contributed by atoms with Gasteiger partial charge in [-0.1, -0.05) is 0 Å². The van der Waals surface area contributed by atoms with Crippen LogP contribution in [-0.2, 0) is 0 Å². The minimum Gasteiger partial charge on any atom is -0.369 e. The molecule has 0 radical (unpaired) electrons. The van der Waals surface area contributed by atoms with Crippen LogP contribution in [0.4, 0.5) is 11.6 Å². The van der Waals surface area contributed by atoms with E-state index in [0.29, 0.717) is 0 Å². The SMILES string of the molecule is CC1(O)Nc2nonc2NC1O. The Bertz CT molecular complexity index is 297. The van der Waals surface area contributed by atoms with Crippen LogP contribution < -0.4 is 10.6 Å². The van der Waals surface area contributed by atoms with Gasteiger partial charge in [-0.15, -0.1) is 0 Å². The van der Waals surface area contributed by atoms with E-state index in [1.165, 1.54) is 6.92 Å². The normalized spacial score (nSPS) is 33.4. The largest absolute Gasteiger partial charge is 0.369 e. The number of aliphatic hydroxyl groups is 2. The molecule has 0 saturated heterocycles. The molecule has 1 aliphatic rings. The molecule has 2 atom stereocenters. The molecule has 2 heterocycles. The maximum atomic E-state index is 9.48.